The maximum Gasteiger partial charge on any atom is 0.466 e. The van der Waals surface area contributed by atoms with Crippen molar-refractivity contribution in [2.24, 2.45) is 0 Å². The van der Waals surface area contributed by atoms with Crippen molar-refractivity contribution in [2.75, 3.05) is 13.1 Å². The Kier molecular flexibility index (Phi) is 5.50. The Bertz CT molecular complexity index is 135. The highest BCUT2D eigenvalue weighted by atomic mass is 79.9. The van der Waals surface area contributed by atoms with Crippen molar-refractivity contribution in [3.63, 3.8) is 0 Å². The third-order valence-corrected chi connectivity index (χ3v) is 1.76. The Morgan fingerprint density at radius 3 is 1.55 bits per heavy atom. The van der Waals surface area contributed by atoms with Crippen LogP contribution in [0, 0.1) is 0 Å². The minimum absolute atomic E-state index is 1.24. The fourth-order valence-electron chi connectivity index (χ4n) is 0.679. The summed E-state index contributed by atoms with van der Waals surface area (Å²) in [5, 5.41) is 0. The second-order valence-corrected chi connectivity index (χ2v) is 4.16. The first kappa shape index (κ1) is 11.6. The number of phosphoric acid groups is 1. The maximum atomic E-state index is 8.88. The van der Waals surface area contributed by atoms with Gasteiger partial charge in [-0.05, 0) is 12.8 Å². The maximum absolute atomic E-state index is 8.88. The molecule has 0 amide bonds. The van der Waals surface area contributed by atoms with Gasteiger partial charge in [0.15, 0.2) is 0 Å². The van der Waals surface area contributed by atoms with Crippen molar-refractivity contribution in [1.29, 1.82) is 0 Å². The Morgan fingerprint density at radius 2 is 1.45 bits per heavy atom. The Labute approximate surface area is 73.6 Å². The molecule has 0 aromatic heterocycles. The molecular weight excluding hydrogens is 237 g/mol. The van der Waals surface area contributed by atoms with Gasteiger partial charge < -0.3 is 14.7 Å². The molecule has 0 bridgehead atoms. The van der Waals surface area contributed by atoms with Crippen LogP contribution >= 0.6 is 24.0 Å². The number of rotatable bonds is 0. The second-order valence-electron chi connectivity index (χ2n) is 2.13. The summed E-state index contributed by atoms with van der Waals surface area (Å²) in [5.41, 5.74) is 0. The van der Waals surface area contributed by atoms with E-state index in [1.165, 1.54) is 25.9 Å². The van der Waals surface area contributed by atoms with E-state index in [1.807, 2.05) is 0 Å². The molecule has 0 spiro atoms. The highest BCUT2D eigenvalue weighted by molar-refractivity contribution is 9.07. The summed E-state index contributed by atoms with van der Waals surface area (Å²) in [4.78, 5) is 21.6. The number of halogens is 1. The molecule has 0 aromatic rings. The Morgan fingerprint density at radius 1 is 1.18 bits per heavy atom. The molecule has 68 valence electrons. The Balaban J connectivity index is 0.000000187. The molecule has 0 saturated carbocycles. The number of nitrogens with zero attached hydrogens (tertiary/aromatic N) is 1. The summed E-state index contributed by atoms with van der Waals surface area (Å²) in [6, 6.07) is 0. The van der Waals surface area contributed by atoms with E-state index in [4.69, 9.17) is 19.2 Å². The molecular formula is C4H11BrNO4P. The molecule has 0 radical (unpaired) electrons. The van der Waals surface area contributed by atoms with E-state index in [1.54, 1.807) is 0 Å². The van der Waals surface area contributed by atoms with Gasteiger partial charge >= 0.3 is 7.82 Å². The molecule has 1 aliphatic heterocycles. The van der Waals surface area contributed by atoms with Crippen LogP contribution in [0.5, 0.6) is 0 Å². The van der Waals surface area contributed by atoms with Crippen LogP contribution in [0.1, 0.15) is 12.8 Å². The lowest BCUT2D eigenvalue weighted by Crippen LogP contribution is -2.01. The van der Waals surface area contributed by atoms with Crippen LogP contribution in [-0.4, -0.2) is 31.7 Å². The van der Waals surface area contributed by atoms with E-state index in [0.29, 0.717) is 0 Å². The van der Waals surface area contributed by atoms with Crippen LogP contribution in [0.3, 0.4) is 0 Å². The highest BCUT2D eigenvalue weighted by Gasteiger charge is 2.05. The summed E-state index contributed by atoms with van der Waals surface area (Å²) >= 11 is 3.37. The standard InChI is InChI=1S/C4H8BrN.H3O4P/c5-6-3-1-2-4-6;1-5(2,3)4/h1-4H2;(H3,1,2,3,4). The molecule has 3 N–H and O–H groups in total. The van der Waals surface area contributed by atoms with Crippen molar-refractivity contribution in [3.05, 3.63) is 0 Å². The molecule has 7 heteroatoms. The van der Waals surface area contributed by atoms with Crippen LogP contribution in [0.25, 0.3) is 0 Å². The minimum Gasteiger partial charge on any atom is -0.303 e. The van der Waals surface area contributed by atoms with Crippen LogP contribution in [0.4, 0.5) is 0 Å². The van der Waals surface area contributed by atoms with Gasteiger partial charge in [-0.15, -0.1) is 0 Å². The quantitative estimate of drug-likeness (QED) is 0.428. The van der Waals surface area contributed by atoms with Gasteiger partial charge in [-0.3, -0.25) is 0 Å². The molecule has 1 saturated heterocycles. The van der Waals surface area contributed by atoms with Gasteiger partial charge in [0.05, 0.1) is 0 Å². The lowest BCUT2D eigenvalue weighted by atomic mass is 10.4. The average Bonchev–Trinajstić information content (AvgIpc) is 2.12. The average molecular weight is 248 g/mol. The third-order valence-electron chi connectivity index (χ3n) is 1.05. The zero-order valence-corrected chi connectivity index (χ0v) is 8.33. The largest absolute Gasteiger partial charge is 0.466 e. The van der Waals surface area contributed by atoms with Gasteiger partial charge in [0.1, 0.15) is 0 Å². The van der Waals surface area contributed by atoms with E-state index in [0.717, 1.165) is 0 Å². The lowest BCUT2D eigenvalue weighted by Gasteiger charge is -1.97. The Hall–Kier alpha value is 0.550. The smallest absolute Gasteiger partial charge is 0.303 e. The molecule has 1 fully saturated rings. The van der Waals surface area contributed by atoms with Crippen molar-refractivity contribution >= 4 is 24.0 Å². The number of hydrogen-bond acceptors (Lipinski definition) is 2. The van der Waals surface area contributed by atoms with Crippen LogP contribution in [-0.2, 0) is 4.57 Å². The van der Waals surface area contributed by atoms with Crippen molar-refractivity contribution in [3.8, 4) is 0 Å². The van der Waals surface area contributed by atoms with E-state index in [9.17, 15) is 0 Å². The molecule has 0 aromatic carbocycles. The summed E-state index contributed by atoms with van der Waals surface area (Å²) in [7, 11) is -4.64. The van der Waals surface area contributed by atoms with Crippen molar-refractivity contribution in [1.82, 2.24) is 3.93 Å². The molecule has 1 rings (SSSR count). The van der Waals surface area contributed by atoms with Crippen molar-refractivity contribution in [2.45, 2.75) is 12.8 Å². The SMILES string of the molecule is BrN1CCCC1.O=P(O)(O)O. The highest BCUT2D eigenvalue weighted by Crippen LogP contribution is 2.25. The molecule has 5 nitrogen and oxygen atoms in total. The normalized spacial score (nSPS) is 19.3. The monoisotopic (exact) mass is 247 g/mol. The van der Waals surface area contributed by atoms with Gasteiger partial charge in [-0.1, -0.05) is 0 Å². The second kappa shape index (κ2) is 5.24. The topological polar surface area (TPSA) is 81.0 Å². The fourth-order valence-corrected chi connectivity index (χ4v) is 1.18. The first-order chi connectivity index (χ1) is 4.89. The summed E-state index contributed by atoms with van der Waals surface area (Å²) in [6.07, 6.45) is 2.73. The third kappa shape index (κ3) is 13.5. The first-order valence-corrected chi connectivity index (χ1v) is 5.36. The van der Waals surface area contributed by atoms with Gasteiger partial charge in [0.2, 0.25) is 0 Å². The molecule has 1 heterocycles. The predicted octanol–water partition coefficient (Wildman–Crippen LogP) is 0.463. The molecule has 0 unspecified atom stereocenters. The summed E-state index contributed by atoms with van der Waals surface area (Å²) in [6.45, 7) is 2.47. The van der Waals surface area contributed by atoms with E-state index >= 15 is 0 Å². The van der Waals surface area contributed by atoms with Gasteiger partial charge in [0.25, 0.3) is 0 Å². The van der Waals surface area contributed by atoms with Crippen LogP contribution in [0.15, 0.2) is 0 Å². The van der Waals surface area contributed by atoms with Gasteiger partial charge in [-0.2, -0.15) is 0 Å². The minimum atomic E-state index is -4.64. The number of hydrogen-bond donors (Lipinski definition) is 3. The van der Waals surface area contributed by atoms with E-state index in [2.05, 4.69) is 20.1 Å². The van der Waals surface area contributed by atoms with Crippen LogP contribution < -0.4 is 0 Å². The van der Waals surface area contributed by atoms with E-state index in [-0.39, 0.29) is 0 Å². The van der Waals surface area contributed by atoms with Gasteiger partial charge in [0, 0.05) is 29.2 Å². The summed E-state index contributed by atoms with van der Waals surface area (Å²) < 4.78 is 11.1. The molecule has 1 aliphatic rings. The van der Waals surface area contributed by atoms with E-state index < -0.39 is 7.82 Å². The first-order valence-electron chi connectivity index (χ1n) is 3.08. The van der Waals surface area contributed by atoms with Crippen molar-refractivity contribution < 1.29 is 19.2 Å². The molecule has 0 atom stereocenters. The molecule has 0 aliphatic carbocycles. The molecule has 11 heavy (non-hydrogen) atoms. The predicted molar refractivity (Wildman–Crippen MR) is 44.0 cm³/mol. The zero-order valence-electron chi connectivity index (χ0n) is 5.85. The zero-order chi connectivity index (χ0) is 8.91. The lowest BCUT2D eigenvalue weighted by molar-refractivity contribution is 0.275. The summed E-state index contributed by atoms with van der Waals surface area (Å²) in [5.74, 6) is 0. The fraction of sp³-hybridized carbons (Fsp3) is 1.00. The van der Waals surface area contributed by atoms with Gasteiger partial charge in [-0.25, -0.2) is 8.49 Å². The van der Waals surface area contributed by atoms with Crippen LogP contribution in [0.2, 0.25) is 0 Å².